The molecule has 31 heavy (non-hydrogen) atoms. The van der Waals surface area contributed by atoms with Gasteiger partial charge in [-0.25, -0.2) is 14.2 Å². The van der Waals surface area contributed by atoms with E-state index in [1.165, 1.54) is 18.1 Å². The van der Waals surface area contributed by atoms with Crippen LogP contribution in [-0.4, -0.2) is 52.7 Å². The lowest BCUT2D eigenvalue weighted by molar-refractivity contribution is -0.385. The lowest BCUT2D eigenvalue weighted by atomic mass is 10.1. The zero-order valence-corrected chi connectivity index (χ0v) is 19.6. The molecule has 0 aliphatic carbocycles. The summed E-state index contributed by atoms with van der Waals surface area (Å²) in [6.45, 7) is 5.97. The molecule has 1 aliphatic heterocycles. The van der Waals surface area contributed by atoms with Crippen LogP contribution in [0.1, 0.15) is 27.2 Å². The molecule has 3 rings (SSSR count). The first-order valence-corrected chi connectivity index (χ1v) is 10.5. The number of fused-ring (bicyclic) bond motifs is 1. The highest BCUT2D eigenvalue weighted by Crippen LogP contribution is 2.43. The minimum absolute atomic E-state index is 0.00649. The van der Waals surface area contributed by atoms with Crippen molar-refractivity contribution in [2.45, 2.75) is 38.8 Å². The molecule has 1 fully saturated rings. The molecule has 1 unspecified atom stereocenters. The molecule has 1 saturated heterocycles. The fourth-order valence-electron chi connectivity index (χ4n) is 3.31. The number of rotatable bonds is 4. The first-order chi connectivity index (χ1) is 14.4. The predicted octanol–water partition coefficient (Wildman–Crippen LogP) is 5.13. The molecule has 1 atom stereocenters. The fourth-order valence-corrected chi connectivity index (χ4v) is 3.80. The van der Waals surface area contributed by atoms with Gasteiger partial charge in [0, 0.05) is 24.5 Å². The lowest BCUT2D eigenvalue weighted by Gasteiger charge is -2.24. The lowest BCUT2D eigenvalue weighted by Crippen LogP contribution is -2.36. The van der Waals surface area contributed by atoms with Crippen molar-refractivity contribution in [1.29, 1.82) is 0 Å². The summed E-state index contributed by atoms with van der Waals surface area (Å²) in [5.74, 6) is -1.10. The van der Waals surface area contributed by atoms with E-state index < -0.39 is 28.1 Å². The van der Waals surface area contributed by atoms with E-state index in [4.69, 9.17) is 21.1 Å². The second-order valence-corrected chi connectivity index (χ2v) is 9.24. The van der Waals surface area contributed by atoms with E-state index in [2.05, 4.69) is 26.2 Å². The number of hydrogen-bond donors (Lipinski definition) is 1. The normalized spacial score (nSPS) is 16.5. The van der Waals surface area contributed by atoms with E-state index in [0.29, 0.717) is 13.0 Å². The third-order valence-electron chi connectivity index (χ3n) is 4.62. The van der Waals surface area contributed by atoms with Crippen LogP contribution >= 0.6 is 27.5 Å². The van der Waals surface area contributed by atoms with Crippen LogP contribution in [0.2, 0.25) is 5.02 Å². The number of ether oxygens (including phenoxy) is 2. The number of halogens is 3. The average molecular weight is 520 g/mol. The Bertz CT molecular complexity index is 1060. The van der Waals surface area contributed by atoms with E-state index >= 15 is 0 Å². The van der Waals surface area contributed by atoms with Crippen molar-refractivity contribution in [3.8, 4) is 5.88 Å². The highest BCUT2D eigenvalue weighted by atomic mass is 79.9. The first-order valence-electron chi connectivity index (χ1n) is 9.37. The minimum atomic E-state index is -0.763. The number of hydrogen-bond acceptors (Lipinski definition) is 7. The van der Waals surface area contributed by atoms with Gasteiger partial charge >= 0.3 is 11.8 Å². The fraction of sp³-hybridized carbons (Fsp3) is 0.474. The number of anilines is 1. The van der Waals surface area contributed by atoms with Gasteiger partial charge in [-0.2, -0.15) is 0 Å². The van der Waals surface area contributed by atoms with E-state index in [0.717, 1.165) is 0 Å². The molecule has 9 nitrogen and oxygen atoms in total. The zero-order valence-electron chi connectivity index (χ0n) is 17.3. The van der Waals surface area contributed by atoms with Gasteiger partial charge in [0.15, 0.2) is 5.82 Å². The number of carbonyl (C=O) groups is 1. The Balaban J connectivity index is 2.02. The van der Waals surface area contributed by atoms with Gasteiger partial charge in [0.1, 0.15) is 16.8 Å². The number of nitrogens with one attached hydrogen (secondary N) is 1. The second kappa shape index (κ2) is 8.62. The van der Waals surface area contributed by atoms with Gasteiger partial charge in [-0.15, -0.1) is 0 Å². The van der Waals surface area contributed by atoms with Crippen molar-refractivity contribution >= 4 is 55.9 Å². The second-order valence-electron chi connectivity index (χ2n) is 8.04. The quantitative estimate of drug-likeness (QED) is 0.339. The van der Waals surface area contributed by atoms with Crippen molar-refractivity contribution in [2.75, 3.05) is 25.5 Å². The largest absolute Gasteiger partial charge is 0.476 e. The summed E-state index contributed by atoms with van der Waals surface area (Å²) < 4.78 is 25.3. The van der Waals surface area contributed by atoms with Crippen molar-refractivity contribution in [3.05, 3.63) is 31.5 Å². The molecule has 0 bridgehead atoms. The van der Waals surface area contributed by atoms with Crippen molar-refractivity contribution in [3.63, 3.8) is 0 Å². The number of nitrogens with zero attached hydrogens (tertiary/aromatic N) is 3. The maximum atomic E-state index is 14.8. The van der Waals surface area contributed by atoms with Gasteiger partial charge < -0.3 is 19.7 Å². The summed E-state index contributed by atoms with van der Waals surface area (Å²) in [6.07, 6.45) is 0.0384. The predicted molar refractivity (Wildman–Crippen MR) is 117 cm³/mol. The Hall–Kier alpha value is -2.40. The van der Waals surface area contributed by atoms with Crippen LogP contribution < -0.4 is 10.1 Å². The van der Waals surface area contributed by atoms with Gasteiger partial charge in [-0.3, -0.25) is 10.1 Å². The third-order valence-corrected chi connectivity index (χ3v) is 5.92. The smallest absolute Gasteiger partial charge is 0.410 e. The van der Waals surface area contributed by atoms with E-state index in [9.17, 15) is 19.3 Å². The number of benzene rings is 1. The van der Waals surface area contributed by atoms with Crippen molar-refractivity contribution in [1.82, 2.24) is 9.88 Å². The summed E-state index contributed by atoms with van der Waals surface area (Å²) in [6, 6.07) is 1.05. The number of nitro groups is 1. The first kappa shape index (κ1) is 23.3. The Labute approximate surface area is 191 Å². The summed E-state index contributed by atoms with van der Waals surface area (Å²) in [5, 5.41) is 15.1. The molecule has 1 aromatic heterocycles. The highest BCUT2D eigenvalue weighted by molar-refractivity contribution is 9.10. The summed E-state index contributed by atoms with van der Waals surface area (Å²) in [5.41, 5.74) is -1.19. The van der Waals surface area contributed by atoms with E-state index in [1.54, 1.807) is 20.8 Å². The van der Waals surface area contributed by atoms with Crippen LogP contribution in [-0.2, 0) is 4.74 Å². The van der Waals surface area contributed by atoms with E-state index in [-0.39, 0.29) is 44.6 Å². The van der Waals surface area contributed by atoms with Crippen LogP contribution in [0, 0.1) is 15.9 Å². The molecule has 168 valence electrons. The Morgan fingerprint density at radius 3 is 2.74 bits per heavy atom. The molecule has 0 spiro atoms. The van der Waals surface area contributed by atoms with Gasteiger partial charge in [-0.1, -0.05) is 11.6 Å². The summed E-state index contributed by atoms with van der Waals surface area (Å²) >= 11 is 9.15. The molecule has 1 N–H and O–H groups in total. The minimum Gasteiger partial charge on any atom is -0.476 e. The maximum absolute atomic E-state index is 14.8. The highest BCUT2D eigenvalue weighted by Gasteiger charge is 2.34. The van der Waals surface area contributed by atoms with Crippen LogP contribution in [0.3, 0.4) is 0 Å². The van der Waals surface area contributed by atoms with E-state index in [1.807, 2.05) is 0 Å². The Morgan fingerprint density at radius 1 is 1.48 bits per heavy atom. The van der Waals surface area contributed by atoms with Crippen molar-refractivity contribution < 1.29 is 23.6 Å². The van der Waals surface area contributed by atoms with Gasteiger partial charge in [0.2, 0.25) is 0 Å². The van der Waals surface area contributed by atoms with Crippen LogP contribution in [0.5, 0.6) is 5.88 Å². The molecule has 1 aromatic carbocycles. The monoisotopic (exact) mass is 518 g/mol. The van der Waals surface area contributed by atoms with Crippen molar-refractivity contribution in [2.24, 2.45) is 0 Å². The SMILES string of the molecule is COc1nc2c(F)c(Br)c(Cl)cc2c(NC2CCN(C(=O)OC(C)(C)C)C2)c1[N+](=O)[O-]. The molecular formula is C19H21BrClFN4O5. The molecule has 2 heterocycles. The molecule has 0 saturated carbocycles. The number of amides is 1. The number of likely N-dealkylation sites (tertiary alicyclic amines) is 1. The van der Waals surface area contributed by atoms with Gasteiger partial charge in [-0.05, 0) is 49.2 Å². The van der Waals surface area contributed by atoms with Crippen LogP contribution in [0.4, 0.5) is 20.6 Å². The Kier molecular flexibility index (Phi) is 6.47. The number of aromatic nitrogens is 1. The number of pyridine rings is 1. The van der Waals surface area contributed by atoms with Gasteiger partial charge in [0.05, 0.1) is 21.5 Å². The maximum Gasteiger partial charge on any atom is 0.410 e. The molecular weight excluding hydrogens is 499 g/mol. The van der Waals surface area contributed by atoms with Gasteiger partial charge in [0.25, 0.3) is 5.88 Å². The number of methoxy groups -OCH3 is 1. The molecule has 2 aromatic rings. The van der Waals surface area contributed by atoms with Crippen LogP contribution in [0.15, 0.2) is 10.5 Å². The third kappa shape index (κ3) is 4.77. The molecule has 1 amide bonds. The molecule has 12 heteroatoms. The molecule has 0 radical (unpaired) electrons. The average Bonchev–Trinajstić information content (AvgIpc) is 3.13. The summed E-state index contributed by atoms with van der Waals surface area (Å²) in [7, 11) is 1.22. The standard InChI is InChI=1S/C19H21BrClFN4O5/c1-19(2,3)31-18(27)25-6-5-9(8-25)23-15-10-7-11(21)12(20)13(22)14(10)24-17(30-4)16(15)26(28)29/h7,9H,5-6,8H2,1-4H3,(H,23,24). The summed E-state index contributed by atoms with van der Waals surface area (Å²) in [4.78, 5) is 29.0. The molecule has 1 aliphatic rings. The zero-order chi connectivity index (χ0) is 23.1. The number of carbonyl (C=O) groups excluding carboxylic acids is 1. The topological polar surface area (TPSA) is 107 Å². The van der Waals surface area contributed by atoms with Crippen LogP contribution in [0.25, 0.3) is 10.9 Å². The Morgan fingerprint density at radius 2 is 2.16 bits per heavy atom.